The average Bonchev–Trinajstić information content (AvgIpc) is 3.14. The fourth-order valence-electron chi connectivity index (χ4n) is 3.03. The van der Waals surface area contributed by atoms with Crippen molar-refractivity contribution in [2.75, 3.05) is 18.5 Å². The molecule has 128 valence electrons. The summed E-state index contributed by atoms with van der Waals surface area (Å²) < 4.78 is 18.7. The van der Waals surface area contributed by atoms with Crippen molar-refractivity contribution >= 4 is 17.0 Å². The van der Waals surface area contributed by atoms with E-state index in [1.807, 2.05) is 0 Å². The maximum Gasteiger partial charge on any atom is 0.262 e. The van der Waals surface area contributed by atoms with Crippen LogP contribution in [-0.2, 0) is 4.74 Å². The number of hydrogen-bond acceptors (Lipinski definition) is 5. The van der Waals surface area contributed by atoms with E-state index in [0.717, 1.165) is 25.0 Å². The second-order valence-corrected chi connectivity index (χ2v) is 5.99. The molecule has 25 heavy (non-hydrogen) atoms. The van der Waals surface area contributed by atoms with Gasteiger partial charge in [-0.3, -0.25) is 9.78 Å². The smallest absolute Gasteiger partial charge is 0.262 e. The first-order valence-electron chi connectivity index (χ1n) is 8.21. The number of fused-ring (bicyclic) bond motifs is 1. The van der Waals surface area contributed by atoms with Crippen molar-refractivity contribution in [1.29, 1.82) is 0 Å². The molecule has 1 aliphatic rings. The Morgan fingerprint density at radius 1 is 1.28 bits per heavy atom. The molecule has 0 aliphatic carbocycles. The molecule has 7 heteroatoms. The van der Waals surface area contributed by atoms with Gasteiger partial charge in [-0.25, -0.2) is 9.37 Å². The normalized spacial score (nSPS) is 17.1. The van der Waals surface area contributed by atoms with E-state index < -0.39 is 0 Å². The third-order valence-electron chi connectivity index (χ3n) is 4.28. The second-order valence-electron chi connectivity index (χ2n) is 5.99. The van der Waals surface area contributed by atoms with Gasteiger partial charge in [-0.2, -0.15) is 4.98 Å². The summed E-state index contributed by atoms with van der Waals surface area (Å²) in [5.74, 6) is 0.0477. The van der Waals surface area contributed by atoms with Gasteiger partial charge in [0, 0.05) is 19.3 Å². The zero-order valence-electron chi connectivity index (χ0n) is 13.5. The number of aromatic nitrogens is 3. The van der Waals surface area contributed by atoms with Gasteiger partial charge in [-0.05, 0) is 42.2 Å². The zero-order valence-corrected chi connectivity index (χ0v) is 13.5. The number of ether oxygens (including phenoxy) is 1. The minimum atomic E-state index is -0.324. The molecule has 4 rings (SSSR count). The van der Waals surface area contributed by atoms with Crippen molar-refractivity contribution in [1.82, 2.24) is 15.0 Å². The molecular formula is C18H17FN4O2. The number of rotatable bonds is 4. The molecule has 1 unspecified atom stereocenters. The average molecular weight is 340 g/mol. The largest absolute Gasteiger partial charge is 0.376 e. The van der Waals surface area contributed by atoms with Crippen LogP contribution in [0.5, 0.6) is 0 Å². The summed E-state index contributed by atoms with van der Waals surface area (Å²) in [6, 6.07) is 7.72. The van der Waals surface area contributed by atoms with E-state index in [-0.39, 0.29) is 17.5 Å². The number of nitrogens with one attached hydrogen (secondary N) is 2. The number of aromatic amines is 1. The van der Waals surface area contributed by atoms with Gasteiger partial charge in [0.25, 0.3) is 5.56 Å². The van der Waals surface area contributed by atoms with Gasteiger partial charge in [-0.1, -0.05) is 12.1 Å². The highest BCUT2D eigenvalue weighted by Crippen LogP contribution is 2.24. The summed E-state index contributed by atoms with van der Waals surface area (Å²) in [5.41, 5.74) is 1.47. The first-order valence-corrected chi connectivity index (χ1v) is 8.21. The maximum absolute atomic E-state index is 13.2. The molecular weight excluding hydrogens is 323 g/mol. The standard InChI is InChI=1S/C18H17FN4O2/c19-12-5-3-11(4-6-12)14-7-8-20-16-15(14)17(24)23-18(22-16)21-10-13-2-1-9-25-13/h3-8,13H,1-2,9-10H2,(H2,20,21,22,23,24). The van der Waals surface area contributed by atoms with E-state index in [1.165, 1.54) is 12.1 Å². The Kier molecular flexibility index (Phi) is 4.15. The van der Waals surface area contributed by atoms with Gasteiger partial charge in [-0.15, -0.1) is 0 Å². The third kappa shape index (κ3) is 3.23. The molecule has 0 bridgehead atoms. The Labute approximate surface area is 143 Å². The molecule has 2 aromatic heterocycles. The molecule has 0 saturated carbocycles. The summed E-state index contributed by atoms with van der Waals surface area (Å²) in [7, 11) is 0. The fraction of sp³-hybridized carbons (Fsp3) is 0.278. The molecule has 3 aromatic rings. The van der Waals surface area contributed by atoms with E-state index in [9.17, 15) is 9.18 Å². The number of H-pyrrole nitrogens is 1. The molecule has 1 aromatic carbocycles. The van der Waals surface area contributed by atoms with Gasteiger partial charge in [0.15, 0.2) is 5.65 Å². The van der Waals surface area contributed by atoms with Gasteiger partial charge in [0.1, 0.15) is 5.82 Å². The highest BCUT2D eigenvalue weighted by molar-refractivity contribution is 5.92. The lowest BCUT2D eigenvalue weighted by molar-refractivity contribution is 0.120. The van der Waals surface area contributed by atoms with Crippen LogP contribution in [0.1, 0.15) is 12.8 Å². The molecule has 6 nitrogen and oxygen atoms in total. The van der Waals surface area contributed by atoms with Crippen molar-refractivity contribution in [2.45, 2.75) is 18.9 Å². The summed E-state index contributed by atoms with van der Waals surface area (Å²) >= 11 is 0. The van der Waals surface area contributed by atoms with Crippen LogP contribution in [0.25, 0.3) is 22.2 Å². The van der Waals surface area contributed by atoms with Crippen LogP contribution in [0.2, 0.25) is 0 Å². The second kappa shape index (κ2) is 6.60. The Morgan fingerprint density at radius 3 is 2.88 bits per heavy atom. The van der Waals surface area contributed by atoms with Crippen LogP contribution < -0.4 is 10.9 Å². The molecule has 2 N–H and O–H groups in total. The Morgan fingerprint density at radius 2 is 2.12 bits per heavy atom. The third-order valence-corrected chi connectivity index (χ3v) is 4.28. The van der Waals surface area contributed by atoms with Crippen LogP contribution in [0.3, 0.4) is 0 Å². The SMILES string of the molecule is O=c1[nH]c(NCC2CCCO2)nc2nccc(-c3ccc(F)cc3)c12. The lowest BCUT2D eigenvalue weighted by atomic mass is 10.0. The first-order chi connectivity index (χ1) is 12.2. The summed E-state index contributed by atoms with van der Waals surface area (Å²) in [4.78, 5) is 23.9. The minimum absolute atomic E-state index is 0.138. The zero-order chi connectivity index (χ0) is 17.2. The maximum atomic E-state index is 13.2. The quantitative estimate of drug-likeness (QED) is 0.763. The lowest BCUT2D eigenvalue weighted by Crippen LogP contribution is -2.22. The molecule has 1 fully saturated rings. The molecule has 0 amide bonds. The molecule has 3 heterocycles. The van der Waals surface area contributed by atoms with E-state index in [4.69, 9.17) is 4.74 Å². The summed E-state index contributed by atoms with van der Waals surface area (Å²) in [6.45, 7) is 1.36. The number of pyridine rings is 1. The lowest BCUT2D eigenvalue weighted by Gasteiger charge is -2.12. The molecule has 1 atom stereocenters. The monoisotopic (exact) mass is 340 g/mol. The number of anilines is 1. The van der Waals surface area contributed by atoms with Crippen LogP contribution in [0, 0.1) is 5.82 Å². The van der Waals surface area contributed by atoms with Gasteiger partial charge in [0.2, 0.25) is 5.95 Å². The molecule has 0 spiro atoms. The fourth-order valence-corrected chi connectivity index (χ4v) is 3.03. The highest BCUT2D eigenvalue weighted by Gasteiger charge is 2.16. The Bertz CT molecular complexity index is 949. The van der Waals surface area contributed by atoms with E-state index >= 15 is 0 Å². The molecule has 0 radical (unpaired) electrons. The number of hydrogen-bond donors (Lipinski definition) is 2. The van der Waals surface area contributed by atoms with Gasteiger partial charge < -0.3 is 10.1 Å². The van der Waals surface area contributed by atoms with Gasteiger partial charge in [0.05, 0.1) is 11.5 Å². The van der Waals surface area contributed by atoms with Crippen molar-refractivity contribution in [3.8, 4) is 11.1 Å². The van der Waals surface area contributed by atoms with Crippen molar-refractivity contribution in [2.24, 2.45) is 0 Å². The van der Waals surface area contributed by atoms with Crippen molar-refractivity contribution < 1.29 is 9.13 Å². The Hall–Kier alpha value is -2.80. The van der Waals surface area contributed by atoms with E-state index in [0.29, 0.717) is 29.1 Å². The van der Waals surface area contributed by atoms with Crippen LogP contribution >= 0.6 is 0 Å². The van der Waals surface area contributed by atoms with Crippen LogP contribution in [0.4, 0.5) is 10.3 Å². The summed E-state index contributed by atoms with van der Waals surface area (Å²) in [5, 5.41) is 3.49. The molecule has 1 saturated heterocycles. The Balaban J connectivity index is 1.70. The van der Waals surface area contributed by atoms with Crippen LogP contribution in [0.15, 0.2) is 41.3 Å². The highest BCUT2D eigenvalue weighted by atomic mass is 19.1. The van der Waals surface area contributed by atoms with Crippen molar-refractivity contribution in [3.05, 3.63) is 52.7 Å². The van der Waals surface area contributed by atoms with E-state index in [2.05, 4.69) is 20.3 Å². The first kappa shape index (κ1) is 15.7. The molecule has 1 aliphatic heterocycles. The summed E-state index contributed by atoms with van der Waals surface area (Å²) in [6.07, 6.45) is 3.78. The number of benzene rings is 1. The number of nitrogens with zero attached hydrogens (tertiary/aromatic N) is 2. The van der Waals surface area contributed by atoms with Crippen LogP contribution in [-0.4, -0.2) is 34.2 Å². The van der Waals surface area contributed by atoms with E-state index in [1.54, 1.807) is 24.4 Å². The predicted molar refractivity (Wildman–Crippen MR) is 93.0 cm³/mol. The topological polar surface area (TPSA) is 79.9 Å². The number of halogens is 1. The van der Waals surface area contributed by atoms with Gasteiger partial charge >= 0.3 is 0 Å². The minimum Gasteiger partial charge on any atom is -0.376 e. The predicted octanol–water partition coefficient (Wildman–Crippen LogP) is 2.72. The van der Waals surface area contributed by atoms with Crippen molar-refractivity contribution in [3.63, 3.8) is 0 Å².